The molecule has 1 rings (SSSR count). The van der Waals surface area contributed by atoms with Crippen molar-refractivity contribution in [3.8, 4) is 5.75 Å². The molecule has 0 saturated carbocycles. The Balaban J connectivity index is 2.71. The van der Waals surface area contributed by atoms with E-state index >= 15 is 0 Å². The highest BCUT2D eigenvalue weighted by Crippen LogP contribution is 2.21. The average Bonchev–Trinajstić information content (AvgIpc) is 2.45. The molecule has 0 aromatic heterocycles. The van der Waals surface area contributed by atoms with E-state index < -0.39 is 6.61 Å². The first kappa shape index (κ1) is 17.4. The number of nitrogens with one attached hydrogen (secondary N) is 1. The van der Waals surface area contributed by atoms with Gasteiger partial charge in [-0.1, -0.05) is 12.1 Å². The normalized spacial score (nSPS) is 13.9. The van der Waals surface area contributed by atoms with Crippen LogP contribution < -0.4 is 10.1 Å². The number of halogens is 2. The molecule has 0 fully saturated rings. The molecule has 0 spiro atoms. The van der Waals surface area contributed by atoms with Crippen molar-refractivity contribution in [2.45, 2.75) is 39.5 Å². The Morgan fingerprint density at radius 3 is 2.62 bits per heavy atom. The van der Waals surface area contributed by atoms with Crippen molar-refractivity contribution in [1.82, 2.24) is 10.2 Å². The zero-order chi connectivity index (χ0) is 16.0. The van der Waals surface area contributed by atoms with Crippen molar-refractivity contribution >= 4 is 5.91 Å². The molecule has 21 heavy (non-hydrogen) atoms. The number of amides is 1. The summed E-state index contributed by atoms with van der Waals surface area (Å²) in [6, 6.07) is 5.96. The summed E-state index contributed by atoms with van der Waals surface area (Å²) in [5.74, 6) is 0.102. The predicted octanol–water partition coefficient (Wildman–Crippen LogP) is 2.81. The molecule has 0 heterocycles. The lowest BCUT2D eigenvalue weighted by atomic mass is 10.1. The van der Waals surface area contributed by atoms with Crippen LogP contribution in [0.3, 0.4) is 0 Å². The molecule has 0 bridgehead atoms. The van der Waals surface area contributed by atoms with E-state index in [1.165, 1.54) is 6.07 Å². The SMILES string of the molecule is CCN(C)C(=O)C(C)NC(C)c1cccc(OC(F)F)c1. The zero-order valence-corrected chi connectivity index (χ0v) is 12.8. The third-order valence-corrected chi connectivity index (χ3v) is 3.30. The van der Waals surface area contributed by atoms with Gasteiger partial charge in [0, 0.05) is 19.6 Å². The summed E-state index contributed by atoms with van der Waals surface area (Å²) >= 11 is 0. The Labute approximate surface area is 124 Å². The highest BCUT2D eigenvalue weighted by Gasteiger charge is 2.19. The maximum Gasteiger partial charge on any atom is 0.387 e. The molecule has 1 amide bonds. The van der Waals surface area contributed by atoms with Crippen molar-refractivity contribution in [3.63, 3.8) is 0 Å². The van der Waals surface area contributed by atoms with Crippen LogP contribution in [0.4, 0.5) is 8.78 Å². The molecular formula is C15H22F2N2O2. The van der Waals surface area contributed by atoms with Gasteiger partial charge in [0.25, 0.3) is 0 Å². The number of rotatable bonds is 7. The van der Waals surface area contributed by atoms with Crippen molar-refractivity contribution in [2.24, 2.45) is 0 Å². The second kappa shape index (κ2) is 7.93. The number of carbonyl (C=O) groups excluding carboxylic acids is 1. The molecule has 1 aromatic rings. The van der Waals surface area contributed by atoms with Crippen LogP contribution in [0.2, 0.25) is 0 Å². The number of likely N-dealkylation sites (N-methyl/N-ethyl adjacent to an activating group) is 1. The summed E-state index contributed by atoms with van der Waals surface area (Å²) < 4.78 is 28.8. The number of hydrogen-bond donors (Lipinski definition) is 1. The topological polar surface area (TPSA) is 41.6 Å². The van der Waals surface area contributed by atoms with Gasteiger partial charge < -0.3 is 9.64 Å². The van der Waals surface area contributed by atoms with Crippen LogP contribution in [-0.2, 0) is 4.79 Å². The van der Waals surface area contributed by atoms with Crippen molar-refractivity contribution in [1.29, 1.82) is 0 Å². The van der Waals surface area contributed by atoms with Crippen LogP contribution in [0.25, 0.3) is 0 Å². The number of alkyl halides is 2. The molecule has 2 unspecified atom stereocenters. The van der Waals surface area contributed by atoms with Crippen molar-refractivity contribution < 1.29 is 18.3 Å². The lowest BCUT2D eigenvalue weighted by Crippen LogP contribution is -2.43. The van der Waals surface area contributed by atoms with Gasteiger partial charge >= 0.3 is 6.61 Å². The van der Waals surface area contributed by atoms with E-state index in [0.717, 1.165) is 5.56 Å². The first-order chi connectivity index (χ1) is 9.85. The predicted molar refractivity (Wildman–Crippen MR) is 77.4 cm³/mol. The number of hydrogen-bond acceptors (Lipinski definition) is 3. The minimum atomic E-state index is -2.85. The maximum atomic E-state index is 12.2. The highest BCUT2D eigenvalue weighted by molar-refractivity contribution is 5.81. The first-order valence-electron chi connectivity index (χ1n) is 6.91. The molecular weight excluding hydrogens is 278 g/mol. The van der Waals surface area contributed by atoms with Crippen molar-refractivity contribution in [3.05, 3.63) is 29.8 Å². The minimum Gasteiger partial charge on any atom is -0.435 e. The van der Waals surface area contributed by atoms with Gasteiger partial charge in [-0.15, -0.1) is 0 Å². The molecule has 6 heteroatoms. The summed E-state index contributed by atoms with van der Waals surface area (Å²) in [5, 5.41) is 3.16. The number of benzene rings is 1. The van der Waals surface area contributed by atoms with Gasteiger partial charge in [-0.3, -0.25) is 10.1 Å². The largest absolute Gasteiger partial charge is 0.435 e. The fourth-order valence-corrected chi connectivity index (χ4v) is 1.99. The summed E-state index contributed by atoms with van der Waals surface area (Å²) in [6.45, 7) is 3.35. The van der Waals surface area contributed by atoms with Gasteiger partial charge in [0.15, 0.2) is 0 Å². The van der Waals surface area contributed by atoms with Gasteiger partial charge in [0.05, 0.1) is 6.04 Å². The van der Waals surface area contributed by atoms with E-state index in [9.17, 15) is 13.6 Å². The van der Waals surface area contributed by atoms with E-state index in [1.807, 2.05) is 13.8 Å². The Kier molecular flexibility index (Phi) is 6.55. The molecule has 1 aromatic carbocycles. The van der Waals surface area contributed by atoms with Crippen LogP contribution >= 0.6 is 0 Å². The Morgan fingerprint density at radius 2 is 2.05 bits per heavy atom. The quantitative estimate of drug-likeness (QED) is 0.842. The third-order valence-electron chi connectivity index (χ3n) is 3.30. The summed E-state index contributed by atoms with van der Waals surface area (Å²) in [5.41, 5.74) is 0.784. The zero-order valence-electron chi connectivity index (χ0n) is 12.8. The molecule has 118 valence electrons. The molecule has 0 saturated heterocycles. The van der Waals surface area contributed by atoms with E-state index in [-0.39, 0.29) is 23.7 Å². The molecule has 1 N–H and O–H groups in total. The van der Waals surface area contributed by atoms with Crippen LogP contribution in [0, 0.1) is 0 Å². The minimum absolute atomic E-state index is 0.00987. The van der Waals surface area contributed by atoms with E-state index in [0.29, 0.717) is 6.54 Å². The van der Waals surface area contributed by atoms with Crippen LogP contribution in [-0.4, -0.2) is 37.1 Å². The molecule has 4 nitrogen and oxygen atoms in total. The molecule has 2 atom stereocenters. The smallest absolute Gasteiger partial charge is 0.387 e. The fourth-order valence-electron chi connectivity index (χ4n) is 1.99. The average molecular weight is 300 g/mol. The van der Waals surface area contributed by atoms with Gasteiger partial charge in [-0.25, -0.2) is 0 Å². The number of ether oxygens (including phenoxy) is 1. The second-order valence-corrected chi connectivity index (χ2v) is 4.91. The molecule has 0 aliphatic heterocycles. The Bertz CT molecular complexity index is 469. The fraction of sp³-hybridized carbons (Fsp3) is 0.533. The second-order valence-electron chi connectivity index (χ2n) is 4.91. The van der Waals surface area contributed by atoms with Gasteiger partial charge in [-0.05, 0) is 38.5 Å². The van der Waals surface area contributed by atoms with Gasteiger partial charge in [0.1, 0.15) is 5.75 Å². The van der Waals surface area contributed by atoms with Crippen molar-refractivity contribution in [2.75, 3.05) is 13.6 Å². The van der Waals surface area contributed by atoms with Gasteiger partial charge in [-0.2, -0.15) is 8.78 Å². The molecule has 0 aliphatic carbocycles. The van der Waals surface area contributed by atoms with Crippen LogP contribution in [0.15, 0.2) is 24.3 Å². The standard InChI is InChI=1S/C15H22F2N2O2/c1-5-19(4)14(20)11(3)18-10(2)12-7-6-8-13(9-12)21-15(16)17/h6-11,15,18H,5H2,1-4H3. The summed E-state index contributed by atoms with van der Waals surface area (Å²) in [7, 11) is 1.74. The van der Waals surface area contributed by atoms with E-state index in [1.54, 1.807) is 37.1 Å². The van der Waals surface area contributed by atoms with Gasteiger partial charge in [0.2, 0.25) is 5.91 Å². The van der Waals surface area contributed by atoms with E-state index in [4.69, 9.17) is 0 Å². The first-order valence-corrected chi connectivity index (χ1v) is 6.91. The number of carbonyl (C=O) groups is 1. The lowest BCUT2D eigenvalue weighted by molar-refractivity contribution is -0.131. The maximum absolute atomic E-state index is 12.2. The molecule has 0 aliphatic rings. The Hall–Kier alpha value is -1.69. The van der Waals surface area contributed by atoms with Crippen LogP contribution in [0.1, 0.15) is 32.4 Å². The highest BCUT2D eigenvalue weighted by atomic mass is 19.3. The lowest BCUT2D eigenvalue weighted by Gasteiger charge is -2.24. The third kappa shape index (κ3) is 5.30. The summed E-state index contributed by atoms with van der Waals surface area (Å²) in [6.07, 6.45) is 0. The van der Waals surface area contributed by atoms with Crippen LogP contribution in [0.5, 0.6) is 5.75 Å². The molecule has 0 radical (unpaired) electrons. The summed E-state index contributed by atoms with van der Waals surface area (Å²) in [4.78, 5) is 13.6. The Morgan fingerprint density at radius 1 is 1.38 bits per heavy atom. The van der Waals surface area contributed by atoms with E-state index in [2.05, 4.69) is 10.1 Å². The number of nitrogens with zero attached hydrogens (tertiary/aromatic N) is 1. The monoisotopic (exact) mass is 300 g/mol.